The first kappa shape index (κ1) is 21.2. The lowest BCUT2D eigenvalue weighted by atomic mass is 9.99. The second-order valence-electron chi connectivity index (χ2n) is 7.81. The van der Waals surface area contributed by atoms with E-state index in [1.165, 1.54) is 12.5 Å². The third-order valence-electron chi connectivity index (χ3n) is 5.66. The lowest BCUT2D eigenvalue weighted by Gasteiger charge is -2.09. The van der Waals surface area contributed by atoms with Crippen LogP contribution >= 0.6 is 0 Å². The average molecular weight is 426 g/mol. The van der Waals surface area contributed by atoms with Crippen LogP contribution < -0.4 is 4.74 Å². The predicted molar refractivity (Wildman–Crippen MR) is 118 cm³/mol. The van der Waals surface area contributed by atoms with Gasteiger partial charge >= 0.3 is 6.18 Å². The highest BCUT2D eigenvalue weighted by molar-refractivity contribution is 6.08. The maximum Gasteiger partial charge on any atom is 0.416 e. The van der Waals surface area contributed by atoms with Gasteiger partial charge in [0, 0.05) is 21.9 Å². The SMILES string of the molecule is CCCCCCc1cc(-c2ccc(OC)cc2)nc2[nH]c3cc(C(F)(F)F)ccc3c12. The summed E-state index contributed by atoms with van der Waals surface area (Å²) >= 11 is 0. The van der Waals surface area contributed by atoms with Crippen molar-refractivity contribution in [2.45, 2.75) is 45.2 Å². The van der Waals surface area contributed by atoms with Gasteiger partial charge in [0.05, 0.1) is 18.4 Å². The van der Waals surface area contributed by atoms with E-state index in [0.717, 1.165) is 65.1 Å². The number of methoxy groups -OCH3 is 1. The Hall–Kier alpha value is -3.02. The van der Waals surface area contributed by atoms with Crippen LogP contribution in [0.5, 0.6) is 5.75 Å². The summed E-state index contributed by atoms with van der Waals surface area (Å²) in [6, 6.07) is 13.6. The van der Waals surface area contributed by atoms with Crippen LogP contribution in [0.4, 0.5) is 13.2 Å². The van der Waals surface area contributed by atoms with E-state index < -0.39 is 11.7 Å². The number of aromatic amines is 1. The normalized spacial score (nSPS) is 12.0. The second-order valence-corrected chi connectivity index (χ2v) is 7.81. The molecule has 4 aromatic rings. The number of fused-ring (bicyclic) bond motifs is 3. The number of ether oxygens (including phenoxy) is 1. The molecule has 31 heavy (non-hydrogen) atoms. The van der Waals surface area contributed by atoms with Gasteiger partial charge < -0.3 is 9.72 Å². The number of nitrogens with one attached hydrogen (secondary N) is 1. The van der Waals surface area contributed by atoms with E-state index in [9.17, 15) is 13.2 Å². The Balaban J connectivity index is 1.85. The Kier molecular flexibility index (Phi) is 5.90. The fourth-order valence-corrected chi connectivity index (χ4v) is 4.01. The lowest BCUT2D eigenvalue weighted by Crippen LogP contribution is -2.04. The van der Waals surface area contributed by atoms with Crippen molar-refractivity contribution in [2.24, 2.45) is 0 Å². The zero-order valence-electron chi connectivity index (χ0n) is 17.6. The van der Waals surface area contributed by atoms with Gasteiger partial charge in [-0.15, -0.1) is 0 Å². The first-order valence-electron chi connectivity index (χ1n) is 10.6. The van der Waals surface area contributed by atoms with Crippen LogP contribution in [0, 0.1) is 0 Å². The fourth-order valence-electron chi connectivity index (χ4n) is 4.01. The number of benzene rings is 2. The van der Waals surface area contributed by atoms with Crippen LogP contribution in [0.2, 0.25) is 0 Å². The average Bonchev–Trinajstić information content (AvgIpc) is 3.14. The third-order valence-corrected chi connectivity index (χ3v) is 5.66. The van der Waals surface area contributed by atoms with Crippen molar-refractivity contribution in [3.8, 4) is 17.0 Å². The summed E-state index contributed by atoms with van der Waals surface area (Å²) in [5.74, 6) is 0.759. The topological polar surface area (TPSA) is 37.9 Å². The van der Waals surface area contributed by atoms with Gasteiger partial charge in [0.2, 0.25) is 0 Å². The molecule has 2 heterocycles. The lowest BCUT2D eigenvalue weighted by molar-refractivity contribution is -0.137. The Morgan fingerprint density at radius 2 is 1.74 bits per heavy atom. The fraction of sp³-hybridized carbons (Fsp3) is 0.320. The van der Waals surface area contributed by atoms with Crippen molar-refractivity contribution >= 4 is 21.9 Å². The molecular formula is C25H25F3N2O. The van der Waals surface area contributed by atoms with Crippen molar-refractivity contribution in [3.05, 3.63) is 59.7 Å². The van der Waals surface area contributed by atoms with Crippen molar-refractivity contribution in [3.63, 3.8) is 0 Å². The highest BCUT2D eigenvalue weighted by Crippen LogP contribution is 2.36. The summed E-state index contributed by atoms with van der Waals surface area (Å²) in [5.41, 5.74) is 3.26. The van der Waals surface area contributed by atoms with Crippen LogP contribution in [0.3, 0.4) is 0 Å². The maximum absolute atomic E-state index is 13.2. The summed E-state index contributed by atoms with van der Waals surface area (Å²) in [6.07, 6.45) is 0.950. The minimum Gasteiger partial charge on any atom is -0.497 e. The van der Waals surface area contributed by atoms with E-state index in [4.69, 9.17) is 9.72 Å². The van der Waals surface area contributed by atoms with Crippen LogP contribution in [-0.4, -0.2) is 17.1 Å². The molecule has 0 saturated heterocycles. The molecule has 0 unspecified atom stereocenters. The predicted octanol–water partition coefficient (Wildman–Crippen LogP) is 7.53. The van der Waals surface area contributed by atoms with Gasteiger partial charge in [-0.1, -0.05) is 32.3 Å². The number of nitrogens with zero attached hydrogens (tertiary/aromatic N) is 1. The monoisotopic (exact) mass is 426 g/mol. The van der Waals surface area contributed by atoms with Gasteiger partial charge in [0.1, 0.15) is 11.4 Å². The molecule has 0 spiro atoms. The van der Waals surface area contributed by atoms with Gasteiger partial charge in [0.25, 0.3) is 0 Å². The third kappa shape index (κ3) is 4.38. The summed E-state index contributed by atoms with van der Waals surface area (Å²) in [5, 5.41) is 1.69. The number of pyridine rings is 1. The smallest absolute Gasteiger partial charge is 0.416 e. The van der Waals surface area contributed by atoms with Gasteiger partial charge in [-0.3, -0.25) is 0 Å². The standard InChI is InChI=1S/C25H25F3N2O/c1-3-4-5-6-7-17-14-21(16-8-11-19(31-2)12-9-16)29-24-23(17)20-13-10-18(25(26,27)28)15-22(20)30-24/h8-15H,3-7H2,1-2H3,(H,29,30). The van der Waals surface area contributed by atoms with Gasteiger partial charge in [-0.05, 0) is 60.9 Å². The van der Waals surface area contributed by atoms with Crippen LogP contribution in [0.15, 0.2) is 48.5 Å². The van der Waals surface area contributed by atoms with Crippen molar-refractivity contribution in [2.75, 3.05) is 7.11 Å². The molecular weight excluding hydrogens is 401 g/mol. The molecule has 0 radical (unpaired) electrons. The number of hydrogen-bond acceptors (Lipinski definition) is 2. The summed E-state index contributed by atoms with van der Waals surface area (Å²) < 4.78 is 44.8. The van der Waals surface area contributed by atoms with E-state index in [1.54, 1.807) is 13.2 Å². The number of H-pyrrole nitrogens is 1. The van der Waals surface area contributed by atoms with E-state index in [0.29, 0.717) is 11.2 Å². The van der Waals surface area contributed by atoms with E-state index >= 15 is 0 Å². The molecule has 2 aromatic carbocycles. The maximum atomic E-state index is 13.2. The van der Waals surface area contributed by atoms with Crippen molar-refractivity contribution < 1.29 is 17.9 Å². The van der Waals surface area contributed by atoms with E-state index in [-0.39, 0.29) is 0 Å². The molecule has 0 aliphatic rings. The van der Waals surface area contributed by atoms with Crippen LogP contribution in [-0.2, 0) is 12.6 Å². The van der Waals surface area contributed by atoms with Gasteiger partial charge in [0.15, 0.2) is 0 Å². The largest absolute Gasteiger partial charge is 0.497 e. The summed E-state index contributed by atoms with van der Waals surface area (Å²) in [6.45, 7) is 2.17. The van der Waals surface area contributed by atoms with Crippen LogP contribution in [0.25, 0.3) is 33.2 Å². The molecule has 6 heteroatoms. The number of halogens is 3. The zero-order valence-corrected chi connectivity index (χ0v) is 17.6. The van der Waals surface area contributed by atoms with Crippen LogP contribution in [0.1, 0.15) is 43.7 Å². The molecule has 3 nitrogen and oxygen atoms in total. The molecule has 0 saturated carbocycles. The van der Waals surface area contributed by atoms with E-state index in [2.05, 4.69) is 18.0 Å². The molecule has 0 aliphatic carbocycles. The number of unbranched alkanes of at least 4 members (excludes halogenated alkanes) is 3. The molecule has 0 fully saturated rings. The van der Waals surface area contributed by atoms with Gasteiger partial charge in [-0.25, -0.2) is 4.98 Å². The summed E-state index contributed by atoms with van der Waals surface area (Å²) in [7, 11) is 1.62. The molecule has 0 atom stereocenters. The molecule has 2 aromatic heterocycles. The first-order chi connectivity index (χ1) is 14.9. The number of aromatic nitrogens is 2. The molecule has 0 amide bonds. The Morgan fingerprint density at radius 1 is 0.968 bits per heavy atom. The number of rotatable bonds is 7. The Bertz CT molecular complexity index is 1190. The summed E-state index contributed by atoms with van der Waals surface area (Å²) in [4.78, 5) is 7.89. The number of aryl methyl sites for hydroxylation is 1. The highest BCUT2D eigenvalue weighted by Gasteiger charge is 2.31. The van der Waals surface area contributed by atoms with Crippen molar-refractivity contribution in [1.29, 1.82) is 0 Å². The Labute approximate surface area is 179 Å². The quantitative estimate of drug-likeness (QED) is 0.310. The van der Waals surface area contributed by atoms with Crippen molar-refractivity contribution in [1.82, 2.24) is 9.97 Å². The molecule has 162 valence electrons. The highest BCUT2D eigenvalue weighted by atomic mass is 19.4. The minimum absolute atomic E-state index is 0.457. The minimum atomic E-state index is -4.38. The second kappa shape index (κ2) is 8.61. The number of hydrogen-bond donors (Lipinski definition) is 1. The first-order valence-corrected chi connectivity index (χ1v) is 10.6. The molecule has 4 rings (SSSR count). The van der Waals surface area contributed by atoms with E-state index in [1.807, 2.05) is 24.3 Å². The molecule has 0 aliphatic heterocycles. The van der Waals surface area contributed by atoms with Gasteiger partial charge in [-0.2, -0.15) is 13.2 Å². The molecule has 0 bridgehead atoms. The zero-order chi connectivity index (χ0) is 22.0. The number of alkyl halides is 3. The Morgan fingerprint density at radius 3 is 2.42 bits per heavy atom. The molecule has 1 N–H and O–H groups in total.